The molecule has 0 saturated carbocycles. The second kappa shape index (κ2) is 7.91. The molecule has 1 aliphatic heterocycles. The SMILES string of the molecule is CCOc1ccc(CN(C(=O)c2ccccc2)C2CCS(=O)(=O)C2)cc1. The molecule has 3 rings (SSSR count). The van der Waals surface area contributed by atoms with Crippen LogP contribution in [0.3, 0.4) is 0 Å². The predicted molar refractivity (Wildman–Crippen MR) is 101 cm³/mol. The van der Waals surface area contributed by atoms with Crippen molar-refractivity contribution in [2.75, 3.05) is 18.1 Å². The lowest BCUT2D eigenvalue weighted by Crippen LogP contribution is -2.40. The van der Waals surface area contributed by atoms with E-state index < -0.39 is 9.84 Å². The van der Waals surface area contributed by atoms with E-state index in [-0.39, 0.29) is 23.5 Å². The van der Waals surface area contributed by atoms with Crippen LogP contribution in [0.1, 0.15) is 29.3 Å². The zero-order valence-electron chi connectivity index (χ0n) is 14.8. The van der Waals surface area contributed by atoms with E-state index >= 15 is 0 Å². The standard InChI is InChI=1S/C20H23NO4S/c1-2-25-19-10-8-16(9-11-19)14-21(18-12-13-26(23,24)15-18)20(22)17-6-4-3-5-7-17/h3-11,18H,2,12-15H2,1H3. The summed E-state index contributed by atoms with van der Waals surface area (Å²) in [6.45, 7) is 2.90. The van der Waals surface area contributed by atoms with Crippen molar-refractivity contribution < 1.29 is 17.9 Å². The molecule has 1 aliphatic rings. The van der Waals surface area contributed by atoms with Crippen molar-refractivity contribution >= 4 is 15.7 Å². The van der Waals surface area contributed by atoms with Gasteiger partial charge in [0.1, 0.15) is 5.75 Å². The van der Waals surface area contributed by atoms with Crippen LogP contribution < -0.4 is 4.74 Å². The van der Waals surface area contributed by atoms with Crippen LogP contribution in [-0.2, 0) is 16.4 Å². The first kappa shape index (κ1) is 18.5. The number of nitrogens with zero attached hydrogens (tertiary/aromatic N) is 1. The van der Waals surface area contributed by atoms with Crippen LogP contribution in [0.2, 0.25) is 0 Å². The highest BCUT2D eigenvalue weighted by Crippen LogP contribution is 2.23. The third-order valence-corrected chi connectivity index (χ3v) is 6.27. The van der Waals surface area contributed by atoms with Crippen LogP contribution in [0.4, 0.5) is 0 Å². The van der Waals surface area contributed by atoms with Crippen molar-refractivity contribution in [1.82, 2.24) is 4.90 Å². The first-order chi connectivity index (χ1) is 12.5. The average molecular weight is 373 g/mol. The molecular formula is C20H23NO4S. The molecule has 6 heteroatoms. The smallest absolute Gasteiger partial charge is 0.254 e. The molecule has 0 spiro atoms. The van der Waals surface area contributed by atoms with Crippen molar-refractivity contribution in [3.8, 4) is 5.75 Å². The number of hydrogen-bond donors (Lipinski definition) is 0. The van der Waals surface area contributed by atoms with Crippen LogP contribution in [0.25, 0.3) is 0 Å². The molecule has 5 nitrogen and oxygen atoms in total. The molecule has 1 amide bonds. The second-order valence-corrected chi connectivity index (χ2v) is 8.66. The van der Waals surface area contributed by atoms with Gasteiger partial charge in [-0.25, -0.2) is 8.42 Å². The normalized spacial score (nSPS) is 18.4. The lowest BCUT2D eigenvalue weighted by molar-refractivity contribution is 0.0681. The minimum absolute atomic E-state index is 0.0304. The molecule has 1 saturated heterocycles. The second-order valence-electron chi connectivity index (χ2n) is 6.43. The minimum Gasteiger partial charge on any atom is -0.494 e. The zero-order chi connectivity index (χ0) is 18.6. The molecule has 0 bridgehead atoms. The first-order valence-corrected chi connectivity index (χ1v) is 10.6. The lowest BCUT2D eigenvalue weighted by Gasteiger charge is -2.28. The number of carbonyl (C=O) groups is 1. The summed E-state index contributed by atoms with van der Waals surface area (Å²) in [5.41, 5.74) is 1.52. The molecule has 1 heterocycles. The zero-order valence-corrected chi connectivity index (χ0v) is 15.6. The topological polar surface area (TPSA) is 63.7 Å². The van der Waals surface area contributed by atoms with Crippen LogP contribution in [0, 0.1) is 0 Å². The number of hydrogen-bond acceptors (Lipinski definition) is 4. The molecule has 1 unspecified atom stereocenters. The maximum Gasteiger partial charge on any atom is 0.254 e. The number of amides is 1. The monoisotopic (exact) mass is 373 g/mol. The maximum absolute atomic E-state index is 13.0. The van der Waals surface area contributed by atoms with Crippen molar-refractivity contribution in [3.63, 3.8) is 0 Å². The molecule has 0 aliphatic carbocycles. The molecule has 2 aromatic carbocycles. The quantitative estimate of drug-likeness (QED) is 0.781. The number of rotatable bonds is 6. The van der Waals surface area contributed by atoms with E-state index in [2.05, 4.69) is 0 Å². The molecule has 0 N–H and O–H groups in total. The summed E-state index contributed by atoms with van der Waals surface area (Å²) in [7, 11) is -3.08. The van der Waals surface area contributed by atoms with E-state index in [4.69, 9.17) is 4.74 Å². The molecule has 0 aromatic heterocycles. The van der Waals surface area contributed by atoms with Gasteiger partial charge < -0.3 is 9.64 Å². The van der Waals surface area contributed by atoms with Crippen molar-refractivity contribution in [1.29, 1.82) is 0 Å². The Morgan fingerprint density at radius 3 is 2.38 bits per heavy atom. The van der Waals surface area contributed by atoms with Gasteiger partial charge in [0.2, 0.25) is 0 Å². The summed E-state index contributed by atoms with van der Waals surface area (Å²) < 4.78 is 29.3. The highest BCUT2D eigenvalue weighted by molar-refractivity contribution is 7.91. The van der Waals surface area contributed by atoms with Crippen LogP contribution >= 0.6 is 0 Å². The van der Waals surface area contributed by atoms with Gasteiger partial charge in [-0.3, -0.25) is 4.79 Å². The van der Waals surface area contributed by atoms with Gasteiger partial charge in [0, 0.05) is 18.2 Å². The third kappa shape index (κ3) is 4.43. The Balaban J connectivity index is 1.84. The molecule has 138 valence electrons. The van der Waals surface area contributed by atoms with Crippen LogP contribution in [0.5, 0.6) is 5.75 Å². The van der Waals surface area contributed by atoms with Crippen LogP contribution in [0.15, 0.2) is 54.6 Å². The van der Waals surface area contributed by atoms with Crippen LogP contribution in [-0.4, -0.2) is 43.4 Å². The Hall–Kier alpha value is -2.34. The molecule has 0 radical (unpaired) electrons. The molecule has 1 fully saturated rings. The summed E-state index contributed by atoms with van der Waals surface area (Å²) in [4.78, 5) is 14.7. The number of sulfone groups is 1. The van der Waals surface area contributed by atoms with Gasteiger partial charge in [-0.1, -0.05) is 30.3 Å². The van der Waals surface area contributed by atoms with Gasteiger partial charge in [-0.05, 0) is 43.2 Å². The van der Waals surface area contributed by atoms with Gasteiger partial charge in [-0.2, -0.15) is 0 Å². The molecular weight excluding hydrogens is 350 g/mol. The highest BCUT2D eigenvalue weighted by Gasteiger charge is 2.35. The summed E-state index contributed by atoms with van der Waals surface area (Å²) in [6, 6.07) is 16.3. The van der Waals surface area contributed by atoms with E-state index in [1.807, 2.05) is 49.4 Å². The average Bonchev–Trinajstić information content (AvgIpc) is 3.01. The van der Waals surface area contributed by atoms with Crippen molar-refractivity contribution in [2.45, 2.75) is 25.9 Å². The van der Waals surface area contributed by atoms with E-state index in [0.717, 1.165) is 11.3 Å². The Morgan fingerprint density at radius 2 is 1.81 bits per heavy atom. The Labute approximate surface area is 154 Å². The number of ether oxygens (including phenoxy) is 1. The fourth-order valence-corrected chi connectivity index (χ4v) is 4.92. The Bertz CT molecular complexity index is 847. The van der Waals surface area contributed by atoms with Gasteiger partial charge in [-0.15, -0.1) is 0 Å². The largest absolute Gasteiger partial charge is 0.494 e. The number of carbonyl (C=O) groups excluding carboxylic acids is 1. The highest BCUT2D eigenvalue weighted by atomic mass is 32.2. The summed E-state index contributed by atoms with van der Waals surface area (Å²) >= 11 is 0. The molecule has 26 heavy (non-hydrogen) atoms. The Kier molecular flexibility index (Phi) is 5.61. The van der Waals surface area contributed by atoms with Gasteiger partial charge >= 0.3 is 0 Å². The fraction of sp³-hybridized carbons (Fsp3) is 0.350. The first-order valence-electron chi connectivity index (χ1n) is 8.76. The maximum atomic E-state index is 13.0. The third-order valence-electron chi connectivity index (χ3n) is 4.52. The summed E-state index contributed by atoms with van der Waals surface area (Å²) in [5.74, 6) is 0.810. The van der Waals surface area contributed by atoms with Gasteiger partial charge in [0.05, 0.1) is 18.1 Å². The molecule has 2 aromatic rings. The Morgan fingerprint density at radius 1 is 1.12 bits per heavy atom. The van der Waals surface area contributed by atoms with E-state index in [1.165, 1.54) is 0 Å². The summed E-state index contributed by atoms with van der Waals surface area (Å²) in [5, 5.41) is 0. The van der Waals surface area contributed by atoms with E-state index in [9.17, 15) is 13.2 Å². The predicted octanol–water partition coefficient (Wildman–Crippen LogP) is 2.91. The summed E-state index contributed by atoms with van der Waals surface area (Å²) in [6.07, 6.45) is 0.484. The van der Waals surface area contributed by atoms with Gasteiger partial charge in [0.25, 0.3) is 5.91 Å². The number of benzene rings is 2. The van der Waals surface area contributed by atoms with Crippen molar-refractivity contribution in [2.24, 2.45) is 0 Å². The lowest BCUT2D eigenvalue weighted by atomic mass is 10.1. The fourth-order valence-electron chi connectivity index (χ4n) is 3.19. The van der Waals surface area contributed by atoms with E-state index in [1.54, 1.807) is 17.0 Å². The molecule has 1 atom stereocenters. The minimum atomic E-state index is -3.08. The van der Waals surface area contributed by atoms with E-state index in [0.29, 0.717) is 25.1 Å². The van der Waals surface area contributed by atoms with Gasteiger partial charge in [0.15, 0.2) is 9.84 Å². The van der Waals surface area contributed by atoms with Crippen molar-refractivity contribution in [3.05, 3.63) is 65.7 Å².